The summed E-state index contributed by atoms with van der Waals surface area (Å²) < 4.78 is 16.8. The van der Waals surface area contributed by atoms with Gasteiger partial charge in [-0.1, -0.05) is 274 Å². The Labute approximate surface area is 421 Å². The monoisotopic (exact) mass is 951 g/mol. The molecule has 0 saturated heterocycles. The van der Waals surface area contributed by atoms with Gasteiger partial charge in [-0.15, -0.1) is 0 Å². The number of carbonyl (C=O) groups excluding carboxylic acids is 3. The second kappa shape index (κ2) is 56.7. The van der Waals surface area contributed by atoms with Gasteiger partial charge in [-0.05, 0) is 64.2 Å². The molecular weight excluding hydrogens is 841 g/mol. The molecule has 0 aromatic rings. The topological polar surface area (TPSA) is 78.9 Å². The molecule has 0 aromatic heterocycles. The third-order valence-corrected chi connectivity index (χ3v) is 12.8. The summed E-state index contributed by atoms with van der Waals surface area (Å²) in [6, 6.07) is 0. The fourth-order valence-corrected chi connectivity index (χ4v) is 8.41. The van der Waals surface area contributed by atoms with Gasteiger partial charge >= 0.3 is 17.9 Å². The van der Waals surface area contributed by atoms with E-state index in [1.54, 1.807) is 0 Å². The fraction of sp³-hybridized carbons (Fsp3) is 0.790. The van der Waals surface area contributed by atoms with Crippen molar-refractivity contribution in [3.63, 3.8) is 0 Å². The van der Waals surface area contributed by atoms with Gasteiger partial charge in [0, 0.05) is 19.3 Å². The first kappa shape index (κ1) is 65.1. The lowest BCUT2D eigenvalue weighted by molar-refractivity contribution is -0.167. The van der Waals surface area contributed by atoms with Gasteiger partial charge in [0.15, 0.2) is 6.10 Å². The lowest BCUT2D eigenvalue weighted by Crippen LogP contribution is -2.30. The van der Waals surface area contributed by atoms with Gasteiger partial charge in [0.1, 0.15) is 13.2 Å². The molecule has 0 saturated carbocycles. The van der Waals surface area contributed by atoms with Crippen LogP contribution < -0.4 is 0 Å². The molecule has 0 aliphatic carbocycles. The first-order chi connectivity index (χ1) is 33.5. The van der Waals surface area contributed by atoms with Crippen LogP contribution in [-0.2, 0) is 28.6 Å². The van der Waals surface area contributed by atoms with Crippen molar-refractivity contribution in [2.24, 2.45) is 0 Å². The summed E-state index contributed by atoms with van der Waals surface area (Å²) in [5.41, 5.74) is 0. The van der Waals surface area contributed by atoms with E-state index in [4.69, 9.17) is 14.2 Å². The van der Waals surface area contributed by atoms with Crippen molar-refractivity contribution in [2.45, 2.75) is 303 Å². The van der Waals surface area contributed by atoms with E-state index in [0.717, 1.165) is 109 Å². The summed E-state index contributed by atoms with van der Waals surface area (Å²) in [5.74, 6) is -0.888. The molecule has 1 atom stereocenters. The average molecular weight is 952 g/mol. The third-order valence-electron chi connectivity index (χ3n) is 12.8. The van der Waals surface area contributed by atoms with Crippen molar-refractivity contribution in [1.82, 2.24) is 0 Å². The molecule has 0 aliphatic rings. The Morgan fingerprint density at radius 1 is 0.309 bits per heavy atom. The Bertz CT molecular complexity index is 1230. The maximum Gasteiger partial charge on any atom is 0.306 e. The maximum atomic E-state index is 12.8. The smallest absolute Gasteiger partial charge is 0.306 e. The molecule has 0 spiro atoms. The van der Waals surface area contributed by atoms with Gasteiger partial charge in [0.2, 0.25) is 0 Å². The fourth-order valence-electron chi connectivity index (χ4n) is 8.41. The van der Waals surface area contributed by atoms with E-state index in [-0.39, 0.29) is 31.1 Å². The Balaban J connectivity index is 4.24. The summed E-state index contributed by atoms with van der Waals surface area (Å²) in [7, 11) is 0. The van der Waals surface area contributed by atoms with Crippen LogP contribution in [0.2, 0.25) is 0 Å². The molecule has 0 amide bonds. The molecule has 68 heavy (non-hydrogen) atoms. The Morgan fingerprint density at radius 2 is 0.574 bits per heavy atom. The van der Waals surface area contributed by atoms with Gasteiger partial charge in [-0.3, -0.25) is 14.4 Å². The van der Waals surface area contributed by atoms with Crippen LogP contribution >= 0.6 is 0 Å². The highest BCUT2D eigenvalue weighted by molar-refractivity contribution is 5.71. The van der Waals surface area contributed by atoms with Crippen LogP contribution in [0.4, 0.5) is 0 Å². The van der Waals surface area contributed by atoms with Crippen LogP contribution in [0.15, 0.2) is 60.8 Å². The van der Waals surface area contributed by atoms with Gasteiger partial charge < -0.3 is 14.2 Å². The molecule has 0 heterocycles. The normalized spacial score (nSPS) is 12.5. The number of rotatable bonds is 53. The Kier molecular flexibility index (Phi) is 54.3. The molecule has 0 aromatic carbocycles. The lowest BCUT2D eigenvalue weighted by atomic mass is 10.0. The summed E-state index contributed by atoms with van der Waals surface area (Å²) >= 11 is 0. The predicted molar refractivity (Wildman–Crippen MR) is 293 cm³/mol. The average Bonchev–Trinajstić information content (AvgIpc) is 3.34. The van der Waals surface area contributed by atoms with Crippen molar-refractivity contribution in [3.8, 4) is 0 Å². The zero-order valence-electron chi connectivity index (χ0n) is 45.1. The number of allylic oxidation sites excluding steroid dienone is 10. The summed E-state index contributed by atoms with van der Waals surface area (Å²) in [4.78, 5) is 38.0. The second-order valence-electron chi connectivity index (χ2n) is 19.5. The van der Waals surface area contributed by atoms with Crippen molar-refractivity contribution in [1.29, 1.82) is 0 Å². The van der Waals surface area contributed by atoms with Crippen LogP contribution in [0, 0.1) is 0 Å². The van der Waals surface area contributed by atoms with Crippen LogP contribution in [0.1, 0.15) is 297 Å². The van der Waals surface area contributed by atoms with Crippen molar-refractivity contribution in [3.05, 3.63) is 60.8 Å². The summed E-state index contributed by atoms with van der Waals surface area (Å²) in [6.45, 7) is 6.51. The predicted octanol–water partition coefficient (Wildman–Crippen LogP) is 19.6. The third kappa shape index (κ3) is 54.1. The highest BCUT2D eigenvalue weighted by atomic mass is 16.6. The van der Waals surface area contributed by atoms with Crippen molar-refractivity contribution < 1.29 is 28.6 Å². The molecule has 0 radical (unpaired) electrons. The number of hydrogen-bond acceptors (Lipinski definition) is 6. The zero-order chi connectivity index (χ0) is 49.3. The first-order valence-corrected chi connectivity index (χ1v) is 29.3. The number of esters is 3. The van der Waals surface area contributed by atoms with Gasteiger partial charge in [0.05, 0.1) is 0 Å². The maximum absolute atomic E-state index is 12.8. The van der Waals surface area contributed by atoms with Crippen molar-refractivity contribution >= 4 is 17.9 Å². The minimum atomic E-state index is -0.778. The molecule has 0 aliphatic heterocycles. The molecule has 6 nitrogen and oxygen atoms in total. The molecule has 394 valence electrons. The van der Waals surface area contributed by atoms with Crippen LogP contribution in [0.5, 0.6) is 0 Å². The lowest BCUT2D eigenvalue weighted by Gasteiger charge is -2.18. The van der Waals surface area contributed by atoms with Gasteiger partial charge in [-0.25, -0.2) is 0 Å². The van der Waals surface area contributed by atoms with E-state index in [1.165, 1.54) is 148 Å². The molecule has 0 N–H and O–H groups in total. The van der Waals surface area contributed by atoms with Crippen LogP contribution in [-0.4, -0.2) is 37.2 Å². The van der Waals surface area contributed by atoms with Gasteiger partial charge in [0.25, 0.3) is 0 Å². The van der Waals surface area contributed by atoms with E-state index in [2.05, 4.69) is 81.5 Å². The number of hydrogen-bond donors (Lipinski definition) is 0. The molecule has 6 heteroatoms. The molecule has 0 bridgehead atoms. The number of unbranched alkanes of at least 4 members (excludes halogenated alkanes) is 32. The van der Waals surface area contributed by atoms with E-state index < -0.39 is 6.10 Å². The number of ether oxygens (including phenoxy) is 3. The Morgan fingerprint density at radius 3 is 0.897 bits per heavy atom. The Hall–Kier alpha value is -2.89. The van der Waals surface area contributed by atoms with E-state index in [9.17, 15) is 14.4 Å². The van der Waals surface area contributed by atoms with Gasteiger partial charge in [-0.2, -0.15) is 0 Å². The van der Waals surface area contributed by atoms with Crippen molar-refractivity contribution in [2.75, 3.05) is 13.2 Å². The molecule has 1 unspecified atom stereocenters. The quantitative estimate of drug-likeness (QED) is 0.0262. The standard InChI is InChI=1S/C62H110O6/c1-4-7-10-13-16-19-21-23-25-27-29-31-33-35-37-39-41-43-46-49-52-55-61(64)67-58-59(57-66-60(63)54-51-48-45-18-15-12-9-6-3)68-62(65)56-53-50-47-44-42-40-38-36-34-32-30-28-26-24-22-20-17-14-11-8-5-2/h7,10,16,19,23,25,29,31,35,37,59H,4-6,8-9,11-15,17-18,20-22,24,26-28,30,32-34,36,38-58H2,1-3H3/b10-7-,19-16-,25-23-,31-29-,37-35-. The second-order valence-corrected chi connectivity index (χ2v) is 19.5. The molecule has 0 fully saturated rings. The van der Waals surface area contributed by atoms with E-state index >= 15 is 0 Å². The highest BCUT2D eigenvalue weighted by Crippen LogP contribution is 2.17. The molecular formula is C62H110O6. The SMILES string of the molecule is CC/C=C\C/C=C\C/C=C\C/C=C\C/C=C\CCCCCCCC(=O)OCC(COC(=O)CCCCCCCCCC)OC(=O)CCCCCCCCCCCCCCCCCCCCCCC. The first-order valence-electron chi connectivity index (χ1n) is 29.3. The van der Waals surface area contributed by atoms with E-state index in [0.29, 0.717) is 19.3 Å². The van der Waals surface area contributed by atoms with E-state index in [1.807, 2.05) is 0 Å². The zero-order valence-corrected chi connectivity index (χ0v) is 45.1. The molecule has 0 rings (SSSR count). The highest BCUT2D eigenvalue weighted by Gasteiger charge is 2.19. The largest absolute Gasteiger partial charge is 0.462 e. The minimum Gasteiger partial charge on any atom is -0.462 e. The van der Waals surface area contributed by atoms with Crippen LogP contribution in [0.25, 0.3) is 0 Å². The minimum absolute atomic E-state index is 0.0773. The number of carbonyl (C=O) groups is 3. The van der Waals surface area contributed by atoms with Crippen LogP contribution in [0.3, 0.4) is 0 Å². The summed E-state index contributed by atoms with van der Waals surface area (Å²) in [5, 5.41) is 0. The summed E-state index contributed by atoms with van der Waals surface area (Å²) in [6.07, 6.45) is 70.9.